The normalized spacial score (nSPS) is 20.9. The molecule has 0 aliphatic heterocycles. The molecule has 14 heavy (non-hydrogen) atoms. The lowest BCUT2D eigenvalue weighted by atomic mass is 9.76. The van der Waals surface area contributed by atoms with Crippen molar-refractivity contribution in [2.75, 3.05) is 0 Å². The summed E-state index contributed by atoms with van der Waals surface area (Å²) in [5, 5.41) is 11.8. The third-order valence-corrected chi connectivity index (χ3v) is 2.82. The van der Waals surface area contributed by atoms with E-state index in [-0.39, 0.29) is 0 Å². The highest BCUT2D eigenvalue weighted by molar-refractivity contribution is 5.84. The second-order valence-corrected chi connectivity index (χ2v) is 3.75. The number of carboxylic acid groups (broad SMARTS) is 1. The SMILES string of the molecule is CCC(NC1(C(=O)O)CCC1)C(N)=O. The van der Waals surface area contributed by atoms with Crippen molar-refractivity contribution in [3.63, 3.8) is 0 Å². The molecule has 0 aromatic carbocycles. The van der Waals surface area contributed by atoms with Crippen LogP contribution in [0.1, 0.15) is 32.6 Å². The summed E-state index contributed by atoms with van der Waals surface area (Å²) in [6.07, 6.45) is 2.55. The first-order chi connectivity index (χ1) is 6.52. The van der Waals surface area contributed by atoms with Gasteiger partial charge in [0.25, 0.3) is 0 Å². The maximum atomic E-state index is 11.0. The van der Waals surface area contributed by atoms with Gasteiger partial charge in [-0.3, -0.25) is 14.9 Å². The molecule has 5 heteroatoms. The minimum absolute atomic E-state index is 0.486. The Morgan fingerprint density at radius 1 is 1.57 bits per heavy atom. The molecule has 1 saturated carbocycles. The number of carbonyl (C=O) groups excluding carboxylic acids is 1. The number of rotatable bonds is 5. The predicted octanol–water partition coefficient (Wildman–Crippen LogP) is -0.153. The Bertz CT molecular complexity index is 248. The first-order valence-corrected chi connectivity index (χ1v) is 4.82. The summed E-state index contributed by atoms with van der Waals surface area (Å²) < 4.78 is 0. The maximum absolute atomic E-state index is 11.0. The highest BCUT2D eigenvalue weighted by Crippen LogP contribution is 2.32. The minimum atomic E-state index is -0.907. The highest BCUT2D eigenvalue weighted by Gasteiger charge is 2.45. The Morgan fingerprint density at radius 2 is 2.14 bits per heavy atom. The van der Waals surface area contributed by atoms with Gasteiger partial charge in [-0.25, -0.2) is 0 Å². The number of primary amides is 1. The van der Waals surface area contributed by atoms with Crippen LogP contribution in [0, 0.1) is 0 Å². The number of aliphatic carboxylic acids is 1. The van der Waals surface area contributed by atoms with Crippen LogP contribution >= 0.6 is 0 Å². The molecule has 0 aromatic heterocycles. The van der Waals surface area contributed by atoms with Gasteiger partial charge in [-0.05, 0) is 25.7 Å². The predicted molar refractivity (Wildman–Crippen MR) is 50.6 cm³/mol. The Kier molecular flexibility index (Phi) is 3.10. The van der Waals surface area contributed by atoms with Crippen molar-refractivity contribution in [1.82, 2.24) is 5.32 Å². The van der Waals surface area contributed by atoms with E-state index >= 15 is 0 Å². The fourth-order valence-electron chi connectivity index (χ4n) is 1.66. The number of amides is 1. The van der Waals surface area contributed by atoms with E-state index < -0.39 is 23.5 Å². The molecular weight excluding hydrogens is 184 g/mol. The summed E-state index contributed by atoms with van der Waals surface area (Å²) in [6, 6.07) is -0.536. The summed E-state index contributed by atoms with van der Waals surface area (Å²) >= 11 is 0. The van der Waals surface area contributed by atoms with Crippen LogP contribution in [0.4, 0.5) is 0 Å². The lowest BCUT2D eigenvalue weighted by Crippen LogP contribution is -2.62. The number of hydrogen-bond donors (Lipinski definition) is 3. The van der Waals surface area contributed by atoms with Crippen molar-refractivity contribution in [1.29, 1.82) is 0 Å². The molecule has 1 amide bonds. The number of carboxylic acids is 1. The highest BCUT2D eigenvalue weighted by atomic mass is 16.4. The molecule has 80 valence electrons. The summed E-state index contributed by atoms with van der Waals surface area (Å²) in [5.41, 5.74) is 4.23. The second kappa shape index (κ2) is 3.96. The van der Waals surface area contributed by atoms with Crippen LogP contribution in [0.15, 0.2) is 0 Å². The number of nitrogens with one attached hydrogen (secondary N) is 1. The molecule has 0 spiro atoms. The van der Waals surface area contributed by atoms with Crippen LogP contribution in [0.3, 0.4) is 0 Å². The van der Waals surface area contributed by atoms with Crippen LogP contribution in [-0.4, -0.2) is 28.6 Å². The molecule has 0 heterocycles. The Morgan fingerprint density at radius 3 is 2.36 bits per heavy atom. The van der Waals surface area contributed by atoms with Gasteiger partial charge in [0.15, 0.2) is 0 Å². The third kappa shape index (κ3) is 1.87. The average Bonchev–Trinajstić information content (AvgIpc) is 2.01. The van der Waals surface area contributed by atoms with Crippen LogP contribution in [0.2, 0.25) is 0 Å². The van der Waals surface area contributed by atoms with E-state index in [1.165, 1.54) is 0 Å². The topological polar surface area (TPSA) is 92.4 Å². The average molecular weight is 200 g/mol. The van der Waals surface area contributed by atoms with Gasteiger partial charge in [0, 0.05) is 0 Å². The lowest BCUT2D eigenvalue weighted by molar-refractivity contribution is -0.149. The van der Waals surface area contributed by atoms with E-state index in [0.29, 0.717) is 19.3 Å². The smallest absolute Gasteiger partial charge is 0.323 e. The summed E-state index contributed by atoms with van der Waals surface area (Å²) in [7, 11) is 0. The third-order valence-electron chi connectivity index (χ3n) is 2.82. The molecule has 1 rings (SSSR count). The first kappa shape index (κ1) is 11.0. The molecule has 4 N–H and O–H groups in total. The molecule has 0 aromatic rings. The number of hydrogen-bond acceptors (Lipinski definition) is 3. The van der Waals surface area contributed by atoms with Crippen LogP contribution in [-0.2, 0) is 9.59 Å². The molecule has 1 atom stereocenters. The van der Waals surface area contributed by atoms with Gasteiger partial charge in [0.2, 0.25) is 5.91 Å². The Labute approximate surface area is 82.7 Å². The quantitative estimate of drug-likeness (QED) is 0.575. The lowest BCUT2D eigenvalue weighted by Gasteiger charge is -2.40. The van der Waals surface area contributed by atoms with Crippen molar-refractivity contribution in [2.24, 2.45) is 5.73 Å². The molecule has 0 bridgehead atoms. The zero-order chi connectivity index (χ0) is 10.8. The van der Waals surface area contributed by atoms with E-state index in [1.807, 2.05) is 0 Å². The Hall–Kier alpha value is -1.10. The van der Waals surface area contributed by atoms with Gasteiger partial charge in [-0.2, -0.15) is 0 Å². The standard InChI is InChI=1S/C9H16N2O3/c1-2-6(7(10)12)11-9(8(13)14)4-3-5-9/h6,11H,2-5H2,1H3,(H2,10,12)(H,13,14). The summed E-state index contributed by atoms with van der Waals surface area (Å²) in [5.74, 6) is -1.37. The minimum Gasteiger partial charge on any atom is -0.480 e. The molecule has 0 radical (unpaired) electrons. The summed E-state index contributed by atoms with van der Waals surface area (Å²) in [4.78, 5) is 21.9. The van der Waals surface area contributed by atoms with E-state index in [4.69, 9.17) is 10.8 Å². The van der Waals surface area contributed by atoms with Gasteiger partial charge >= 0.3 is 5.97 Å². The van der Waals surface area contributed by atoms with E-state index in [2.05, 4.69) is 5.32 Å². The van der Waals surface area contributed by atoms with Gasteiger partial charge in [-0.1, -0.05) is 6.92 Å². The van der Waals surface area contributed by atoms with Crippen LogP contribution in [0.25, 0.3) is 0 Å². The van der Waals surface area contributed by atoms with Crippen molar-refractivity contribution < 1.29 is 14.7 Å². The van der Waals surface area contributed by atoms with Crippen molar-refractivity contribution in [3.05, 3.63) is 0 Å². The molecule has 1 unspecified atom stereocenters. The zero-order valence-electron chi connectivity index (χ0n) is 8.25. The molecular formula is C9H16N2O3. The van der Waals surface area contributed by atoms with Crippen LogP contribution in [0.5, 0.6) is 0 Å². The first-order valence-electron chi connectivity index (χ1n) is 4.82. The van der Waals surface area contributed by atoms with Crippen molar-refractivity contribution in [3.8, 4) is 0 Å². The van der Waals surface area contributed by atoms with E-state index in [1.54, 1.807) is 6.92 Å². The zero-order valence-corrected chi connectivity index (χ0v) is 8.25. The Balaban J connectivity index is 2.64. The molecule has 1 aliphatic carbocycles. The van der Waals surface area contributed by atoms with Crippen molar-refractivity contribution in [2.45, 2.75) is 44.2 Å². The summed E-state index contributed by atoms with van der Waals surface area (Å²) in [6.45, 7) is 1.80. The van der Waals surface area contributed by atoms with Crippen LogP contribution < -0.4 is 11.1 Å². The number of carbonyl (C=O) groups is 2. The van der Waals surface area contributed by atoms with Gasteiger partial charge in [0.1, 0.15) is 5.54 Å². The monoisotopic (exact) mass is 200 g/mol. The second-order valence-electron chi connectivity index (χ2n) is 3.75. The molecule has 0 saturated heterocycles. The van der Waals surface area contributed by atoms with Gasteiger partial charge in [-0.15, -0.1) is 0 Å². The fraction of sp³-hybridized carbons (Fsp3) is 0.778. The number of nitrogens with two attached hydrogens (primary N) is 1. The van der Waals surface area contributed by atoms with Gasteiger partial charge in [0.05, 0.1) is 6.04 Å². The van der Waals surface area contributed by atoms with E-state index in [0.717, 1.165) is 6.42 Å². The maximum Gasteiger partial charge on any atom is 0.323 e. The molecule has 1 aliphatic rings. The molecule has 5 nitrogen and oxygen atoms in total. The van der Waals surface area contributed by atoms with E-state index in [9.17, 15) is 9.59 Å². The molecule has 1 fully saturated rings. The largest absolute Gasteiger partial charge is 0.480 e. The van der Waals surface area contributed by atoms with Crippen molar-refractivity contribution >= 4 is 11.9 Å². The van der Waals surface area contributed by atoms with Gasteiger partial charge < -0.3 is 10.8 Å². The fourth-order valence-corrected chi connectivity index (χ4v) is 1.66.